The van der Waals surface area contributed by atoms with Crippen molar-refractivity contribution >= 4 is 11.6 Å². The summed E-state index contributed by atoms with van der Waals surface area (Å²) in [7, 11) is 0. The second kappa shape index (κ2) is 5.54. The number of nitrogens with one attached hydrogen (secondary N) is 1. The zero-order chi connectivity index (χ0) is 10.5. The van der Waals surface area contributed by atoms with Gasteiger partial charge in [0.2, 0.25) is 0 Å². The lowest BCUT2D eigenvalue weighted by molar-refractivity contribution is 0.0661. The normalized spacial score (nSPS) is 18.2. The van der Waals surface area contributed by atoms with Crippen LogP contribution in [0.5, 0.6) is 0 Å². The summed E-state index contributed by atoms with van der Waals surface area (Å²) in [6.07, 6.45) is 2.32. The second-order valence-electron chi connectivity index (χ2n) is 3.89. The van der Waals surface area contributed by atoms with Gasteiger partial charge in [0, 0.05) is 13.2 Å². The molecule has 1 saturated heterocycles. The molecule has 2 heterocycles. The van der Waals surface area contributed by atoms with Crippen LogP contribution in [0.2, 0.25) is 5.22 Å². The molecule has 0 aromatic carbocycles. The third kappa shape index (κ3) is 3.52. The van der Waals surface area contributed by atoms with Crippen LogP contribution < -0.4 is 5.32 Å². The molecule has 1 aliphatic heterocycles. The van der Waals surface area contributed by atoms with Gasteiger partial charge in [-0.25, -0.2) is 0 Å². The Morgan fingerprint density at radius 3 is 2.80 bits per heavy atom. The van der Waals surface area contributed by atoms with Crippen LogP contribution in [0.25, 0.3) is 0 Å². The maximum atomic E-state index is 5.68. The predicted molar refractivity (Wildman–Crippen MR) is 59.0 cm³/mol. The summed E-state index contributed by atoms with van der Waals surface area (Å²) >= 11 is 5.68. The van der Waals surface area contributed by atoms with E-state index < -0.39 is 0 Å². The molecular formula is C11H16ClNO2. The Kier molecular flexibility index (Phi) is 4.06. The molecule has 0 bridgehead atoms. The minimum absolute atomic E-state index is 0.456. The standard InChI is InChI=1S/C11H16ClNO2/c12-11-2-1-10(15-11)8-13-7-9-3-5-14-6-4-9/h1-2,9,13H,3-8H2. The minimum Gasteiger partial charge on any atom is -0.448 e. The molecule has 0 spiro atoms. The van der Waals surface area contributed by atoms with Gasteiger partial charge in [-0.2, -0.15) is 0 Å². The molecule has 1 fully saturated rings. The Bertz CT molecular complexity index is 295. The van der Waals surface area contributed by atoms with E-state index in [2.05, 4.69) is 5.32 Å². The highest BCUT2D eigenvalue weighted by Gasteiger charge is 2.13. The van der Waals surface area contributed by atoms with Crippen LogP contribution in [0.15, 0.2) is 16.5 Å². The predicted octanol–water partition coefficient (Wildman–Crippen LogP) is 2.45. The van der Waals surface area contributed by atoms with Crippen LogP contribution in [0, 0.1) is 5.92 Å². The molecule has 1 aromatic rings. The summed E-state index contributed by atoms with van der Waals surface area (Å²) < 4.78 is 10.6. The van der Waals surface area contributed by atoms with Crippen LogP contribution in [0.4, 0.5) is 0 Å². The Labute approximate surface area is 94.7 Å². The van der Waals surface area contributed by atoms with Gasteiger partial charge < -0.3 is 14.5 Å². The van der Waals surface area contributed by atoms with Crippen molar-refractivity contribution in [1.29, 1.82) is 0 Å². The quantitative estimate of drug-likeness (QED) is 0.861. The smallest absolute Gasteiger partial charge is 0.193 e. The van der Waals surface area contributed by atoms with Gasteiger partial charge in [0.05, 0.1) is 6.54 Å². The van der Waals surface area contributed by atoms with Gasteiger partial charge in [-0.3, -0.25) is 0 Å². The van der Waals surface area contributed by atoms with Crippen LogP contribution in [-0.4, -0.2) is 19.8 Å². The highest BCUT2D eigenvalue weighted by atomic mass is 35.5. The van der Waals surface area contributed by atoms with Gasteiger partial charge in [0.25, 0.3) is 0 Å². The first kappa shape index (κ1) is 11.0. The van der Waals surface area contributed by atoms with E-state index in [1.165, 1.54) is 0 Å². The molecule has 1 aromatic heterocycles. The average Bonchev–Trinajstić information content (AvgIpc) is 2.66. The van der Waals surface area contributed by atoms with Crippen molar-refractivity contribution in [2.75, 3.05) is 19.8 Å². The highest BCUT2D eigenvalue weighted by molar-refractivity contribution is 6.28. The molecular weight excluding hydrogens is 214 g/mol. The highest BCUT2D eigenvalue weighted by Crippen LogP contribution is 2.15. The summed E-state index contributed by atoms with van der Waals surface area (Å²) in [5.41, 5.74) is 0. The van der Waals surface area contributed by atoms with Crippen LogP contribution in [-0.2, 0) is 11.3 Å². The van der Waals surface area contributed by atoms with E-state index in [1.54, 1.807) is 6.07 Å². The van der Waals surface area contributed by atoms with Crippen molar-refractivity contribution in [2.45, 2.75) is 19.4 Å². The van der Waals surface area contributed by atoms with E-state index in [0.717, 1.165) is 50.8 Å². The van der Waals surface area contributed by atoms with Gasteiger partial charge in [-0.15, -0.1) is 0 Å². The molecule has 1 aliphatic rings. The largest absolute Gasteiger partial charge is 0.448 e. The maximum Gasteiger partial charge on any atom is 0.193 e. The number of hydrogen-bond donors (Lipinski definition) is 1. The third-order valence-electron chi connectivity index (χ3n) is 2.70. The molecule has 0 amide bonds. The summed E-state index contributed by atoms with van der Waals surface area (Å²) in [6.45, 7) is 3.59. The molecule has 15 heavy (non-hydrogen) atoms. The Morgan fingerprint density at radius 1 is 1.33 bits per heavy atom. The molecule has 0 radical (unpaired) electrons. The molecule has 84 valence electrons. The zero-order valence-electron chi connectivity index (χ0n) is 8.67. The molecule has 3 nitrogen and oxygen atoms in total. The summed E-state index contributed by atoms with van der Waals surface area (Å²) in [6, 6.07) is 3.67. The number of hydrogen-bond acceptors (Lipinski definition) is 3. The summed E-state index contributed by atoms with van der Waals surface area (Å²) in [5.74, 6) is 1.64. The fourth-order valence-corrected chi connectivity index (χ4v) is 1.96. The molecule has 1 N–H and O–H groups in total. The first-order valence-corrected chi connectivity index (χ1v) is 5.75. The minimum atomic E-state index is 0.456. The van der Waals surface area contributed by atoms with E-state index in [1.807, 2.05) is 6.07 Å². The third-order valence-corrected chi connectivity index (χ3v) is 2.91. The maximum absolute atomic E-state index is 5.68. The van der Waals surface area contributed by atoms with E-state index in [-0.39, 0.29) is 0 Å². The van der Waals surface area contributed by atoms with Crippen molar-refractivity contribution in [2.24, 2.45) is 5.92 Å². The van der Waals surface area contributed by atoms with Gasteiger partial charge in [0.15, 0.2) is 5.22 Å². The summed E-state index contributed by atoms with van der Waals surface area (Å²) in [5, 5.41) is 3.83. The van der Waals surface area contributed by atoms with E-state index in [4.69, 9.17) is 20.8 Å². The first-order chi connectivity index (χ1) is 7.34. The van der Waals surface area contributed by atoms with E-state index in [9.17, 15) is 0 Å². The number of halogens is 1. The van der Waals surface area contributed by atoms with Crippen LogP contribution >= 0.6 is 11.6 Å². The molecule has 0 aliphatic carbocycles. The fourth-order valence-electron chi connectivity index (χ4n) is 1.80. The lowest BCUT2D eigenvalue weighted by Crippen LogP contribution is -2.27. The van der Waals surface area contributed by atoms with Crippen molar-refractivity contribution in [3.8, 4) is 0 Å². The topological polar surface area (TPSA) is 34.4 Å². The SMILES string of the molecule is Clc1ccc(CNCC2CCOCC2)o1. The molecule has 4 heteroatoms. The molecule has 0 unspecified atom stereocenters. The van der Waals surface area contributed by atoms with Crippen molar-refractivity contribution in [1.82, 2.24) is 5.32 Å². The van der Waals surface area contributed by atoms with Gasteiger partial charge in [-0.1, -0.05) is 0 Å². The zero-order valence-corrected chi connectivity index (χ0v) is 9.43. The molecule has 0 saturated carbocycles. The Morgan fingerprint density at radius 2 is 2.13 bits per heavy atom. The number of ether oxygens (including phenoxy) is 1. The monoisotopic (exact) mass is 229 g/mol. The van der Waals surface area contributed by atoms with Gasteiger partial charge in [0.1, 0.15) is 5.76 Å². The van der Waals surface area contributed by atoms with E-state index in [0.29, 0.717) is 5.22 Å². The number of furan rings is 1. The number of rotatable bonds is 4. The summed E-state index contributed by atoms with van der Waals surface area (Å²) in [4.78, 5) is 0. The van der Waals surface area contributed by atoms with E-state index >= 15 is 0 Å². The Balaban J connectivity index is 1.65. The average molecular weight is 230 g/mol. The van der Waals surface area contributed by atoms with Crippen LogP contribution in [0.1, 0.15) is 18.6 Å². The van der Waals surface area contributed by atoms with Crippen molar-refractivity contribution in [3.63, 3.8) is 0 Å². The van der Waals surface area contributed by atoms with Crippen LogP contribution in [0.3, 0.4) is 0 Å². The van der Waals surface area contributed by atoms with Crippen molar-refractivity contribution in [3.05, 3.63) is 23.1 Å². The van der Waals surface area contributed by atoms with Crippen molar-refractivity contribution < 1.29 is 9.15 Å². The lowest BCUT2D eigenvalue weighted by atomic mass is 10.0. The fraction of sp³-hybridized carbons (Fsp3) is 0.636. The Hall–Kier alpha value is -0.510. The lowest BCUT2D eigenvalue weighted by Gasteiger charge is -2.21. The molecule has 2 rings (SSSR count). The second-order valence-corrected chi connectivity index (χ2v) is 4.26. The first-order valence-electron chi connectivity index (χ1n) is 5.37. The van der Waals surface area contributed by atoms with Gasteiger partial charge in [-0.05, 0) is 49.0 Å². The van der Waals surface area contributed by atoms with Gasteiger partial charge >= 0.3 is 0 Å². The molecule has 0 atom stereocenters.